The molecule has 2 aromatic heterocycles. The van der Waals surface area contributed by atoms with E-state index in [1.54, 1.807) is 4.40 Å². The van der Waals surface area contributed by atoms with E-state index >= 15 is 0 Å². The first-order valence-electron chi connectivity index (χ1n) is 6.77. The van der Waals surface area contributed by atoms with E-state index < -0.39 is 0 Å². The van der Waals surface area contributed by atoms with Crippen LogP contribution in [0.2, 0.25) is 0 Å². The first-order valence-corrected chi connectivity index (χ1v) is 6.77. The number of nitrogens with zero attached hydrogens (tertiary/aromatic N) is 2. The number of pyridine rings is 1. The van der Waals surface area contributed by atoms with Crippen molar-refractivity contribution < 1.29 is 0 Å². The largest absolute Gasteiger partial charge is 0.269 e. The highest BCUT2D eigenvalue weighted by Gasteiger charge is 2.14. The van der Waals surface area contributed by atoms with Crippen LogP contribution in [0.5, 0.6) is 0 Å². The van der Waals surface area contributed by atoms with E-state index in [0.29, 0.717) is 0 Å². The molecule has 18 heavy (non-hydrogen) atoms. The van der Waals surface area contributed by atoms with Crippen LogP contribution in [-0.4, -0.2) is 9.38 Å². The summed E-state index contributed by atoms with van der Waals surface area (Å²) in [6.45, 7) is 2.01. The summed E-state index contributed by atoms with van der Waals surface area (Å²) in [7, 11) is 0. The minimum atomic E-state index is 0.139. The minimum Gasteiger partial charge on any atom is -0.269 e. The maximum Gasteiger partial charge on any atom is 0.261 e. The molecule has 2 aromatic rings. The van der Waals surface area contributed by atoms with Gasteiger partial charge in [0.15, 0.2) is 0 Å². The Balaban J connectivity index is 2.29. The zero-order valence-electron chi connectivity index (χ0n) is 10.8. The number of aryl methyl sites for hydroxylation is 2. The summed E-state index contributed by atoms with van der Waals surface area (Å²) in [4.78, 5) is 17.3. The van der Waals surface area contributed by atoms with Gasteiger partial charge in [0, 0.05) is 11.8 Å². The van der Waals surface area contributed by atoms with Crippen LogP contribution in [0.4, 0.5) is 0 Å². The van der Waals surface area contributed by atoms with Gasteiger partial charge in [-0.05, 0) is 44.2 Å². The molecule has 2 heterocycles. The van der Waals surface area contributed by atoms with Crippen molar-refractivity contribution in [1.82, 2.24) is 9.38 Å². The van der Waals surface area contributed by atoms with Crippen LogP contribution in [0.15, 0.2) is 23.1 Å². The van der Waals surface area contributed by atoms with Gasteiger partial charge in [-0.2, -0.15) is 0 Å². The zero-order chi connectivity index (χ0) is 12.5. The molecule has 94 valence electrons. The quantitative estimate of drug-likeness (QED) is 0.711. The maximum atomic E-state index is 12.5. The van der Waals surface area contributed by atoms with Crippen molar-refractivity contribution in [1.29, 1.82) is 0 Å². The van der Waals surface area contributed by atoms with Crippen LogP contribution in [0.1, 0.15) is 42.5 Å². The molecule has 1 aliphatic rings. The van der Waals surface area contributed by atoms with E-state index in [1.807, 2.05) is 25.3 Å². The van der Waals surface area contributed by atoms with Crippen molar-refractivity contribution in [3.05, 3.63) is 45.5 Å². The number of fused-ring (bicyclic) bond motifs is 2. The summed E-state index contributed by atoms with van der Waals surface area (Å²) < 4.78 is 1.70. The monoisotopic (exact) mass is 242 g/mol. The Labute approximate surface area is 106 Å². The van der Waals surface area contributed by atoms with Gasteiger partial charge in [-0.15, -0.1) is 0 Å². The van der Waals surface area contributed by atoms with Gasteiger partial charge in [0.2, 0.25) is 0 Å². The van der Waals surface area contributed by atoms with Gasteiger partial charge in [0.25, 0.3) is 5.56 Å². The average Bonchev–Trinajstić information content (AvgIpc) is 2.33. The Kier molecular flexibility index (Phi) is 2.90. The van der Waals surface area contributed by atoms with Gasteiger partial charge in [0.1, 0.15) is 5.65 Å². The van der Waals surface area contributed by atoms with Gasteiger partial charge in [0.05, 0.1) is 5.69 Å². The molecule has 0 fully saturated rings. The predicted octanol–water partition coefficient (Wildman–Crippen LogP) is 2.66. The number of rotatable bonds is 0. The Bertz CT molecular complexity index is 643. The van der Waals surface area contributed by atoms with Crippen molar-refractivity contribution in [3.8, 4) is 0 Å². The second kappa shape index (κ2) is 4.56. The van der Waals surface area contributed by atoms with Crippen molar-refractivity contribution in [3.63, 3.8) is 0 Å². The van der Waals surface area contributed by atoms with Gasteiger partial charge >= 0.3 is 0 Å². The summed E-state index contributed by atoms with van der Waals surface area (Å²) in [6.07, 6.45) is 8.43. The van der Waals surface area contributed by atoms with Crippen molar-refractivity contribution >= 4 is 5.65 Å². The molecule has 0 aliphatic heterocycles. The molecule has 0 bridgehead atoms. The molecule has 0 radical (unpaired) electrons. The van der Waals surface area contributed by atoms with Gasteiger partial charge in [-0.25, -0.2) is 4.98 Å². The van der Waals surface area contributed by atoms with E-state index in [-0.39, 0.29) is 5.56 Å². The Hall–Kier alpha value is -1.64. The molecule has 3 rings (SSSR count). The Morgan fingerprint density at radius 3 is 2.78 bits per heavy atom. The lowest BCUT2D eigenvalue weighted by Gasteiger charge is -2.14. The molecule has 1 aliphatic carbocycles. The minimum absolute atomic E-state index is 0.139. The summed E-state index contributed by atoms with van der Waals surface area (Å²) in [5.41, 5.74) is 4.01. The molecule has 0 N–H and O–H groups in total. The highest BCUT2D eigenvalue weighted by Crippen LogP contribution is 2.17. The van der Waals surface area contributed by atoms with Crippen LogP contribution in [-0.2, 0) is 12.8 Å². The smallest absolute Gasteiger partial charge is 0.261 e. The predicted molar refractivity (Wildman–Crippen MR) is 72.1 cm³/mol. The highest BCUT2D eigenvalue weighted by atomic mass is 16.1. The molecule has 0 saturated heterocycles. The SMILES string of the molecule is Cc1cccn2c(=O)c3c(nc12)CCCCCC3. The van der Waals surface area contributed by atoms with Crippen molar-refractivity contribution in [2.45, 2.75) is 45.4 Å². The Morgan fingerprint density at radius 2 is 1.94 bits per heavy atom. The summed E-state index contributed by atoms with van der Waals surface area (Å²) in [5, 5.41) is 0. The fourth-order valence-electron chi connectivity index (χ4n) is 2.78. The molecule has 3 heteroatoms. The normalized spacial score (nSPS) is 16.1. The number of aromatic nitrogens is 2. The molecule has 0 aromatic carbocycles. The molecule has 0 spiro atoms. The number of hydrogen-bond donors (Lipinski definition) is 0. The lowest BCUT2D eigenvalue weighted by molar-refractivity contribution is 0.603. The van der Waals surface area contributed by atoms with Crippen LogP contribution < -0.4 is 5.56 Å². The summed E-state index contributed by atoms with van der Waals surface area (Å²) in [6, 6.07) is 3.93. The van der Waals surface area contributed by atoms with Gasteiger partial charge in [-0.3, -0.25) is 9.20 Å². The van der Waals surface area contributed by atoms with Crippen LogP contribution in [0.25, 0.3) is 5.65 Å². The molecule has 0 unspecified atom stereocenters. The first-order chi connectivity index (χ1) is 8.77. The zero-order valence-corrected chi connectivity index (χ0v) is 10.8. The topological polar surface area (TPSA) is 34.4 Å². The van der Waals surface area contributed by atoms with Crippen LogP contribution in [0.3, 0.4) is 0 Å². The maximum absolute atomic E-state index is 12.5. The number of hydrogen-bond acceptors (Lipinski definition) is 2. The first kappa shape index (κ1) is 11.5. The van der Waals surface area contributed by atoms with E-state index in [4.69, 9.17) is 4.98 Å². The molecule has 0 amide bonds. The second-order valence-electron chi connectivity index (χ2n) is 5.14. The molecule has 3 nitrogen and oxygen atoms in total. The van der Waals surface area contributed by atoms with E-state index in [0.717, 1.165) is 48.2 Å². The van der Waals surface area contributed by atoms with Crippen molar-refractivity contribution in [2.24, 2.45) is 0 Å². The molecular weight excluding hydrogens is 224 g/mol. The van der Waals surface area contributed by atoms with Crippen molar-refractivity contribution in [2.75, 3.05) is 0 Å². The summed E-state index contributed by atoms with van der Waals surface area (Å²) in [5.74, 6) is 0. The fourth-order valence-corrected chi connectivity index (χ4v) is 2.78. The average molecular weight is 242 g/mol. The summed E-state index contributed by atoms with van der Waals surface area (Å²) >= 11 is 0. The van der Waals surface area contributed by atoms with Crippen LogP contribution >= 0.6 is 0 Å². The van der Waals surface area contributed by atoms with Gasteiger partial charge in [-0.1, -0.05) is 18.9 Å². The standard InChI is InChI=1S/C15H18N2O/c1-11-7-6-10-17-14(11)16-13-9-5-3-2-4-8-12(13)15(17)18/h6-7,10H,2-5,8-9H2,1H3. The molecular formula is C15H18N2O. The molecule has 0 saturated carbocycles. The van der Waals surface area contributed by atoms with Gasteiger partial charge < -0.3 is 0 Å². The fraction of sp³-hybridized carbons (Fsp3) is 0.467. The lowest BCUT2D eigenvalue weighted by Crippen LogP contribution is -2.23. The molecule has 0 atom stereocenters. The third-order valence-electron chi connectivity index (χ3n) is 3.82. The van der Waals surface area contributed by atoms with E-state index in [1.165, 1.54) is 12.8 Å². The third-order valence-corrected chi connectivity index (χ3v) is 3.82. The van der Waals surface area contributed by atoms with E-state index in [9.17, 15) is 4.79 Å². The lowest BCUT2D eigenvalue weighted by atomic mass is 9.98. The third kappa shape index (κ3) is 1.84. The Morgan fingerprint density at radius 1 is 1.17 bits per heavy atom. The second-order valence-corrected chi connectivity index (χ2v) is 5.14. The highest BCUT2D eigenvalue weighted by molar-refractivity contribution is 5.48. The van der Waals surface area contributed by atoms with Crippen LogP contribution in [0, 0.1) is 6.92 Å². The van der Waals surface area contributed by atoms with E-state index in [2.05, 4.69) is 0 Å².